The van der Waals surface area contributed by atoms with Crippen LogP contribution in [0.1, 0.15) is 17.5 Å². The first-order chi connectivity index (χ1) is 9.63. The first-order valence-electron chi connectivity index (χ1n) is 6.72. The minimum Gasteiger partial charge on any atom is -0.399 e. The molecule has 1 aromatic carbocycles. The summed E-state index contributed by atoms with van der Waals surface area (Å²) in [6.07, 6.45) is 5.76. The van der Waals surface area contributed by atoms with Gasteiger partial charge >= 0.3 is 0 Å². The third-order valence-electron chi connectivity index (χ3n) is 3.11. The van der Waals surface area contributed by atoms with E-state index in [1.807, 2.05) is 37.5 Å². The molecule has 0 aliphatic carbocycles. The van der Waals surface area contributed by atoms with Crippen molar-refractivity contribution in [2.45, 2.75) is 19.3 Å². The van der Waals surface area contributed by atoms with Gasteiger partial charge in [0.1, 0.15) is 0 Å². The van der Waals surface area contributed by atoms with E-state index in [2.05, 4.69) is 10.4 Å². The van der Waals surface area contributed by atoms with Gasteiger partial charge in [0.05, 0.1) is 6.20 Å². The van der Waals surface area contributed by atoms with Gasteiger partial charge in [-0.1, -0.05) is 12.1 Å². The molecule has 0 bridgehead atoms. The summed E-state index contributed by atoms with van der Waals surface area (Å²) in [5, 5.41) is 7.00. The number of aryl methyl sites for hydroxylation is 2. The third-order valence-corrected chi connectivity index (χ3v) is 3.11. The van der Waals surface area contributed by atoms with E-state index in [0.29, 0.717) is 13.0 Å². The summed E-state index contributed by atoms with van der Waals surface area (Å²) in [5.74, 6) is 0.0734. The van der Waals surface area contributed by atoms with Crippen LogP contribution in [0.3, 0.4) is 0 Å². The number of anilines is 1. The molecule has 0 aliphatic rings. The van der Waals surface area contributed by atoms with Crippen molar-refractivity contribution in [2.75, 3.05) is 12.3 Å². The van der Waals surface area contributed by atoms with Crippen molar-refractivity contribution in [2.24, 2.45) is 7.05 Å². The van der Waals surface area contributed by atoms with Crippen LogP contribution in [-0.4, -0.2) is 22.2 Å². The van der Waals surface area contributed by atoms with Crippen molar-refractivity contribution in [3.05, 3.63) is 47.8 Å². The predicted octanol–water partition coefficient (Wildman–Crippen LogP) is 1.29. The molecule has 1 aromatic heterocycles. The highest BCUT2D eigenvalue weighted by molar-refractivity contribution is 5.76. The number of carbonyl (C=O) groups excluding carboxylic acids is 1. The fourth-order valence-electron chi connectivity index (χ4n) is 1.98. The van der Waals surface area contributed by atoms with E-state index in [4.69, 9.17) is 5.73 Å². The number of nitrogens with zero attached hydrogens (tertiary/aromatic N) is 2. The van der Waals surface area contributed by atoms with Gasteiger partial charge in [0, 0.05) is 31.9 Å². The van der Waals surface area contributed by atoms with Crippen LogP contribution in [0.5, 0.6) is 0 Å². The molecule has 0 unspecified atom stereocenters. The quantitative estimate of drug-likeness (QED) is 0.778. The van der Waals surface area contributed by atoms with Gasteiger partial charge in [-0.3, -0.25) is 9.48 Å². The molecule has 0 spiro atoms. The Kier molecular flexibility index (Phi) is 4.76. The second-order valence-electron chi connectivity index (χ2n) is 4.86. The van der Waals surface area contributed by atoms with E-state index in [9.17, 15) is 4.79 Å². The fourth-order valence-corrected chi connectivity index (χ4v) is 1.98. The highest BCUT2D eigenvalue weighted by Gasteiger charge is 2.03. The van der Waals surface area contributed by atoms with Crippen molar-refractivity contribution >= 4 is 11.6 Å². The van der Waals surface area contributed by atoms with Crippen LogP contribution in [0.15, 0.2) is 36.7 Å². The number of benzene rings is 1. The molecule has 20 heavy (non-hydrogen) atoms. The molecule has 3 N–H and O–H groups in total. The van der Waals surface area contributed by atoms with Crippen LogP contribution >= 0.6 is 0 Å². The third kappa shape index (κ3) is 4.42. The number of amides is 1. The van der Waals surface area contributed by atoms with Gasteiger partial charge < -0.3 is 11.1 Å². The van der Waals surface area contributed by atoms with Crippen LogP contribution in [0, 0.1) is 0 Å². The van der Waals surface area contributed by atoms with E-state index < -0.39 is 0 Å². The monoisotopic (exact) mass is 272 g/mol. The first-order valence-corrected chi connectivity index (χ1v) is 6.72. The predicted molar refractivity (Wildman–Crippen MR) is 79.1 cm³/mol. The lowest BCUT2D eigenvalue weighted by atomic mass is 10.1. The zero-order chi connectivity index (χ0) is 14.4. The number of carbonyl (C=O) groups is 1. The average molecular weight is 272 g/mol. The summed E-state index contributed by atoms with van der Waals surface area (Å²) in [7, 11) is 1.87. The highest BCUT2D eigenvalue weighted by atomic mass is 16.1. The lowest BCUT2D eigenvalue weighted by Crippen LogP contribution is -2.25. The SMILES string of the molecule is Cn1cc(CCC(=O)NCCc2ccc(N)cc2)cn1. The molecule has 2 aromatic rings. The van der Waals surface area contributed by atoms with Gasteiger partial charge in [-0.2, -0.15) is 5.10 Å². The molecule has 0 radical (unpaired) electrons. The molecule has 0 aliphatic heterocycles. The second-order valence-corrected chi connectivity index (χ2v) is 4.86. The Hall–Kier alpha value is -2.30. The molecule has 0 saturated heterocycles. The molecule has 106 valence electrons. The van der Waals surface area contributed by atoms with Crippen LogP contribution in [-0.2, 0) is 24.7 Å². The topological polar surface area (TPSA) is 72.9 Å². The maximum atomic E-state index is 11.7. The second kappa shape index (κ2) is 6.75. The average Bonchev–Trinajstić information content (AvgIpc) is 2.85. The van der Waals surface area contributed by atoms with Gasteiger partial charge in [-0.05, 0) is 36.1 Å². The van der Waals surface area contributed by atoms with Gasteiger partial charge in [-0.25, -0.2) is 0 Å². The number of hydrogen-bond acceptors (Lipinski definition) is 3. The van der Waals surface area contributed by atoms with Crippen LogP contribution in [0.2, 0.25) is 0 Å². The molecule has 1 amide bonds. The van der Waals surface area contributed by atoms with Crippen LogP contribution in [0.4, 0.5) is 5.69 Å². The summed E-state index contributed by atoms with van der Waals surface area (Å²) in [5.41, 5.74) is 8.64. The lowest BCUT2D eigenvalue weighted by molar-refractivity contribution is -0.121. The van der Waals surface area contributed by atoms with Gasteiger partial charge in [0.15, 0.2) is 0 Å². The molecule has 5 heteroatoms. The number of aromatic nitrogens is 2. The Labute approximate surface area is 118 Å². The maximum Gasteiger partial charge on any atom is 0.220 e. The van der Waals surface area contributed by atoms with Crippen molar-refractivity contribution < 1.29 is 4.79 Å². The van der Waals surface area contributed by atoms with Crippen LogP contribution < -0.4 is 11.1 Å². The van der Waals surface area contributed by atoms with Crippen molar-refractivity contribution in [1.29, 1.82) is 0 Å². The lowest BCUT2D eigenvalue weighted by Gasteiger charge is -2.05. The van der Waals surface area contributed by atoms with Gasteiger partial charge in [-0.15, -0.1) is 0 Å². The summed E-state index contributed by atoms with van der Waals surface area (Å²) in [4.78, 5) is 11.7. The molecule has 1 heterocycles. The van der Waals surface area contributed by atoms with Gasteiger partial charge in [0.2, 0.25) is 5.91 Å². The number of nitrogen functional groups attached to an aromatic ring is 1. The normalized spacial score (nSPS) is 10.4. The summed E-state index contributed by atoms with van der Waals surface area (Å²) >= 11 is 0. The largest absolute Gasteiger partial charge is 0.399 e. The standard InChI is InChI=1S/C15H20N4O/c1-19-11-13(10-18-19)4-7-15(20)17-9-8-12-2-5-14(16)6-3-12/h2-3,5-6,10-11H,4,7-9,16H2,1H3,(H,17,20). The van der Waals surface area contributed by atoms with E-state index in [0.717, 1.165) is 24.1 Å². The van der Waals surface area contributed by atoms with E-state index in [-0.39, 0.29) is 5.91 Å². The minimum absolute atomic E-state index is 0.0734. The maximum absolute atomic E-state index is 11.7. The zero-order valence-electron chi connectivity index (χ0n) is 11.7. The molecule has 0 fully saturated rings. The molecule has 2 rings (SSSR count). The van der Waals surface area contributed by atoms with Crippen LogP contribution in [0.25, 0.3) is 0 Å². The Morgan fingerprint density at radius 3 is 2.65 bits per heavy atom. The Morgan fingerprint density at radius 1 is 1.25 bits per heavy atom. The van der Waals surface area contributed by atoms with E-state index >= 15 is 0 Å². The smallest absolute Gasteiger partial charge is 0.220 e. The molecule has 5 nitrogen and oxygen atoms in total. The summed E-state index contributed by atoms with van der Waals surface area (Å²) in [6, 6.07) is 7.72. The number of nitrogens with two attached hydrogens (primary N) is 1. The molecule has 0 atom stereocenters. The van der Waals surface area contributed by atoms with Crippen molar-refractivity contribution in [1.82, 2.24) is 15.1 Å². The van der Waals surface area contributed by atoms with E-state index in [1.165, 1.54) is 5.56 Å². The van der Waals surface area contributed by atoms with Gasteiger partial charge in [0.25, 0.3) is 0 Å². The zero-order valence-corrected chi connectivity index (χ0v) is 11.7. The minimum atomic E-state index is 0.0734. The molecular formula is C15H20N4O. The van der Waals surface area contributed by atoms with E-state index in [1.54, 1.807) is 10.9 Å². The highest BCUT2D eigenvalue weighted by Crippen LogP contribution is 2.05. The Morgan fingerprint density at radius 2 is 2.00 bits per heavy atom. The number of hydrogen-bond donors (Lipinski definition) is 2. The fraction of sp³-hybridized carbons (Fsp3) is 0.333. The Balaban J connectivity index is 1.66. The summed E-state index contributed by atoms with van der Waals surface area (Å²) in [6.45, 7) is 0.649. The van der Waals surface area contributed by atoms with Crippen molar-refractivity contribution in [3.63, 3.8) is 0 Å². The van der Waals surface area contributed by atoms with Crippen molar-refractivity contribution in [3.8, 4) is 0 Å². The number of nitrogens with one attached hydrogen (secondary N) is 1. The first kappa shape index (κ1) is 14.1. The molecule has 0 saturated carbocycles. The number of rotatable bonds is 6. The Bertz CT molecular complexity index is 560. The summed E-state index contributed by atoms with van der Waals surface area (Å²) < 4.78 is 1.74. The molecular weight excluding hydrogens is 252 g/mol.